The highest BCUT2D eigenvalue weighted by Crippen LogP contribution is 2.37. The first-order valence-corrected chi connectivity index (χ1v) is 15.1. The molecule has 0 saturated heterocycles. The summed E-state index contributed by atoms with van der Waals surface area (Å²) in [5, 5.41) is 24.9. The maximum absolute atomic E-state index is 13.7. The Hall–Kier alpha value is -4.13. The average Bonchev–Trinajstić information content (AvgIpc) is 3.49. The van der Waals surface area contributed by atoms with E-state index in [1.54, 1.807) is 25.4 Å². The number of aromatic nitrogens is 1. The molecule has 12 heteroatoms. The monoisotopic (exact) mass is 582 g/mol. The Labute approximate surface area is 236 Å². The van der Waals surface area contributed by atoms with Crippen LogP contribution in [-0.2, 0) is 21.2 Å². The van der Waals surface area contributed by atoms with Gasteiger partial charge in [0.05, 0.1) is 25.0 Å². The number of hydrogen-bond acceptors (Lipinski definition) is 9. The zero-order valence-corrected chi connectivity index (χ0v) is 23.8. The molecular weight excluding hydrogens is 552 g/mol. The van der Waals surface area contributed by atoms with Crippen LogP contribution in [0.3, 0.4) is 0 Å². The zero-order valence-electron chi connectivity index (χ0n) is 22.2. The van der Waals surface area contributed by atoms with Crippen molar-refractivity contribution in [1.29, 1.82) is 0 Å². The lowest BCUT2D eigenvalue weighted by Crippen LogP contribution is -2.46. The Kier molecular flexibility index (Phi) is 8.93. The van der Waals surface area contributed by atoms with Crippen LogP contribution in [0, 0.1) is 0 Å². The van der Waals surface area contributed by atoms with E-state index in [1.165, 1.54) is 28.5 Å². The molecule has 0 bridgehead atoms. The quantitative estimate of drug-likeness (QED) is 0.150. The maximum atomic E-state index is 13.7. The first-order valence-electron chi connectivity index (χ1n) is 12.3. The number of methoxy groups -OCH3 is 1. The van der Waals surface area contributed by atoms with Crippen LogP contribution < -0.4 is 19.9 Å². The third-order valence-corrected chi connectivity index (χ3v) is 7.60. The number of hydrazine groups is 1. The van der Waals surface area contributed by atoms with Crippen molar-refractivity contribution < 1.29 is 28.2 Å². The van der Waals surface area contributed by atoms with E-state index in [9.17, 15) is 23.4 Å². The van der Waals surface area contributed by atoms with Gasteiger partial charge in [-0.25, -0.2) is 23.8 Å². The molecule has 3 aromatic carbocycles. The van der Waals surface area contributed by atoms with Gasteiger partial charge in [-0.3, -0.25) is 9.52 Å². The molecule has 4 rings (SSSR count). The molecule has 210 valence electrons. The highest BCUT2D eigenvalue weighted by Gasteiger charge is 2.24. The van der Waals surface area contributed by atoms with E-state index in [0.29, 0.717) is 17.0 Å². The van der Waals surface area contributed by atoms with Gasteiger partial charge in [0.15, 0.2) is 0 Å². The number of thiazole rings is 1. The van der Waals surface area contributed by atoms with Gasteiger partial charge in [-0.05, 0) is 66.9 Å². The van der Waals surface area contributed by atoms with Gasteiger partial charge in [0, 0.05) is 23.7 Å². The summed E-state index contributed by atoms with van der Waals surface area (Å²) in [7, 11) is -2.15. The van der Waals surface area contributed by atoms with Gasteiger partial charge >= 0.3 is 0 Å². The number of carbonyl (C=O) groups excluding carboxylic acids is 1. The van der Waals surface area contributed by atoms with E-state index >= 15 is 0 Å². The van der Waals surface area contributed by atoms with Crippen molar-refractivity contribution in [2.45, 2.75) is 19.3 Å². The first-order chi connectivity index (χ1) is 19.1. The van der Waals surface area contributed by atoms with Crippen LogP contribution in [0.4, 0.5) is 11.4 Å². The van der Waals surface area contributed by atoms with Crippen molar-refractivity contribution in [3.8, 4) is 27.8 Å². The van der Waals surface area contributed by atoms with Gasteiger partial charge in [0.1, 0.15) is 27.9 Å². The molecule has 0 saturated carbocycles. The molecule has 1 aromatic heterocycles. The molecule has 1 unspecified atom stereocenters. The minimum absolute atomic E-state index is 0.207. The highest BCUT2D eigenvalue weighted by atomic mass is 32.2. The average molecular weight is 583 g/mol. The number of hydrogen-bond donors (Lipinski definition) is 4. The Morgan fingerprint density at radius 1 is 1.07 bits per heavy atom. The van der Waals surface area contributed by atoms with Crippen molar-refractivity contribution in [3.63, 3.8) is 0 Å². The smallest absolute Gasteiger partial charge is 0.248 e. The van der Waals surface area contributed by atoms with E-state index in [2.05, 4.69) is 15.1 Å². The van der Waals surface area contributed by atoms with E-state index < -0.39 is 21.7 Å². The van der Waals surface area contributed by atoms with E-state index in [1.807, 2.05) is 48.7 Å². The predicted molar refractivity (Wildman–Crippen MR) is 156 cm³/mol. The Morgan fingerprint density at radius 3 is 2.38 bits per heavy atom. The van der Waals surface area contributed by atoms with Crippen LogP contribution in [0.25, 0.3) is 10.6 Å². The SMILES string of the molecule is COc1ccc(C(C)C(=O)N(NCCc2ccc(O)c(NS(C)(=O)=O)c2O)c2ccc(-c3nccs3)cc2)cc1. The van der Waals surface area contributed by atoms with Crippen molar-refractivity contribution in [2.24, 2.45) is 0 Å². The molecule has 1 atom stereocenters. The number of phenolic OH excluding ortho intramolecular Hbond substituents is 2. The lowest BCUT2D eigenvalue weighted by Gasteiger charge is -2.27. The van der Waals surface area contributed by atoms with E-state index in [-0.39, 0.29) is 30.3 Å². The number of amides is 1. The zero-order chi connectivity index (χ0) is 28.9. The molecule has 0 radical (unpaired) electrons. The second-order valence-corrected chi connectivity index (χ2v) is 11.7. The molecule has 0 spiro atoms. The number of carbonyl (C=O) groups is 1. The number of anilines is 2. The van der Waals surface area contributed by atoms with Crippen LogP contribution in [0.5, 0.6) is 17.2 Å². The summed E-state index contributed by atoms with van der Waals surface area (Å²) in [5.74, 6) is -0.796. The van der Waals surface area contributed by atoms with Crippen LogP contribution in [-0.4, -0.2) is 49.4 Å². The van der Waals surface area contributed by atoms with Crippen molar-refractivity contribution in [2.75, 3.05) is 29.6 Å². The van der Waals surface area contributed by atoms with Gasteiger partial charge in [-0.15, -0.1) is 11.3 Å². The number of ether oxygens (including phenoxy) is 1. The number of aromatic hydroxyl groups is 2. The number of nitrogens with one attached hydrogen (secondary N) is 2. The van der Waals surface area contributed by atoms with Gasteiger partial charge in [-0.1, -0.05) is 18.2 Å². The van der Waals surface area contributed by atoms with E-state index in [4.69, 9.17) is 4.74 Å². The summed E-state index contributed by atoms with van der Waals surface area (Å²) >= 11 is 1.52. The highest BCUT2D eigenvalue weighted by molar-refractivity contribution is 7.92. The molecule has 4 N–H and O–H groups in total. The van der Waals surface area contributed by atoms with Crippen LogP contribution in [0.1, 0.15) is 24.0 Å². The van der Waals surface area contributed by atoms with Gasteiger partial charge in [-0.2, -0.15) is 0 Å². The second-order valence-electron chi connectivity index (χ2n) is 9.05. The van der Waals surface area contributed by atoms with Crippen LogP contribution in [0.2, 0.25) is 0 Å². The lowest BCUT2D eigenvalue weighted by atomic mass is 9.99. The second kappa shape index (κ2) is 12.4. The largest absolute Gasteiger partial charge is 0.506 e. The number of nitrogens with zero attached hydrogens (tertiary/aromatic N) is 2. The molecule has 10 nitrogen and oxygen atoms in total. The van der Waals surface area contributed by atoms with Crippen molar-refractivity contribution in [3.05, 3.63) is 83.4 Å². The van der Waals surface area contributed by atoms with E-state index in [0.717, 1.165) is 22.4 Å². The normalized spacial score (nSPS) is 12.1. The minimum Gasteiger partial charge on any atom is -0.506 e. The number of benzene rings is 3. The minimum atomic E-state index is -3.73. The maximum Gasteiger partial charge on any atom is 0.248 e. The molecule has 1 heterocycles. The van der Waals surface area contributed by atoms with Crippen molar-refractivity contribution in [1.82, 2.24) is 10.4 Å². The number of rotatable bonds is 11. The topological polar surface area (TPSA) is 141 Å². The number of phenols is 2. The van der Waals surface area contributed by atoms with Gasteiger partial charge in [0.25, 0.3) is 0 Å². The van der Waals surface area contributed by atoms with Gasteiger partial charge < -0.3 is 14.9 Å². The Morgan fingerprint density at radius 2 is 1.77 bits per heavy atom. The molecule has 4 aromatic rings. The summed E-state index contributed by atoms with van der Waals surface area (Å²) in [6.45, 7) is 2.03. The fourth-order valence-electron chi connectivity index (χ4n) is 4.06. The lowest BCUT2D eigenvalue weighted by molar-refractivity contribution is -0.120. The van der Waals surface area contributed by atoms with Crippen molar-refractivity contribution >= 4 is 38.6 Å². The summed E-state index contributed by atoms with van der Waals surface area (Å²) < 4.78 is 30.7. The molecule has 0 fully saturated rings. The number of sulfonamides is 1. The summed E-state index contributed by atoms with van der Waals surface area (Å²) in [6, 6.07) is 17.5. The molecule has 40 heavy (non-hydrogen) atoms. The molecule has 0 aliphatic rings. The fourth-order valence-corrected chi connectivity index (χ4v) is 5.27. The third kappa shape index (κ3) is 6.89. The Bertz CT molecular complexity index is 1560. The Balaban J connectivity index is 1.57. The first kappa shape index (κ1) is 28.9. The summed E-state index contributed by atoms with van der Waals surface area (Å²) in [6.07, 6.45) is 2.88. The van der Waals surface area contributed by atoms with Gasteiger partial charge in [0.2, 0.25) is 15.9 Å². The molecule has 0 aliphatic carbocycles. The molecule has 0 aliphatic heterocycles. The van der Waals surface area contributed by atoms with Crippen LogP contribution >= 0.6 is 11.3 Å². The predicted octanol–water partition coefficient (Wildman–Crippen LogP) is 4.49. The molecule has 1 amide bonds. The standard InChI is InChI=1S/C28H30N4O6S2/c1-18(19-6-11-23(38-2)12-7-19)28(35)32(22-9-4-21(5-10-22)27-29-16-17-39-27)30-15-14-20-8-13-24(33)25(26(20)34)31-40(3,36)37/h4-13,16-18,30-31,33-34H,14-15H2,1-3H3. The van der Waals surface area contributed by atoms with Crippen LogP contribution in [0.15, 0.2) is 72.2 Å². The summed E-state index contributed by atoms with van der Waals surface area (Å²) in [5.41, 5.74) is 5.59. The third-order valence-electron chi connectivity index (χ3n) is 6.20. The fraction of sp³-hybridized carbons (Fsp3) is 0.214. The summed E-state index contributed by atoms with van der Waals surface area (Å²) in [4.78, 5) is 18.1. The molecular formula is C28H30N4O6S2.